The number of hydrogen-bond acceptors (Lipinski definition) is 3. The second-order valence-electron chi connectivity index (χ2n) is 6.75. The number of rotatable bonds is 4. The summed E-state index contributed by atoms with van der Waals surface area (Å²) in [6.45, 7) is 4.51. The quantitative estimate of drug-likeness (QED) is 0.478. The third-order valence-electron chi connectivity index (χ3n) is 4.66. The second kappa shape index (κ2) is 7.93. The van der Waals surface area contributed by atoms with E-state index in [1.54, 1.807) is 12.1 Å². The number of nitrogens with one attached hydrogen (secondary N) is 2. The Balaban J connectivity index is 1.59. The number of urea groups is 1. The Morgan fingerprint density at radius 3 is 2.41 bits per heavy atom. The first-order valence-corrected chi connectivity index (χ1v) is 9.60. The van der Waals surface area contributed by atoms with Gasteiger partial charge in [0.25, 0.3) is 0 Å². The van der Waals surface area contributed by atoms with Crippen LogP contribution in [0, 0.1) is 13.8 Å². The van der Waals surface area contributed by atoms with E-state index >= 15 is 0 Å². The molecular weight excluding hydrogens is 386 g/mol. The maximum atomic E-state index is 12.4. The number of amides is 2. The minimum atomic E-state index is -0.386. The predicted molar refractivity (Wildman–Crippen MR) is 117 cm³/mol. The van der Waals surface area contributed by atoms with E-state index in [0.717, 1.165) is 17.0 Å². The lowest BCUT2D eigenvalue weighted by atomic mass is 10.2. The number of fused-ring (bicyclic) bond motifs is 1. The van der Waals surface area contributed by atoms with Gasteiger partial charge in [0, 0.05) is 0 Å². The fraction of sp³-hybridized carbons (Fsp3) is 0.136. The lowest BCUT2D eigenvalue weighted by Gasteiger charge is -2.11. The Labute approximate surface area is 173 Å². The average Bonchev–Trinajstić information content (AvgIpc) is 2.99. The van der Waals surface area contributed by atoms with E-state index in [0.29, 0.717) is 28.6 Å². The SMILES string of the molecule is Cc1nc2c(cc1NC(=O)Nc1ccccc1Cl)nc(C)n2Cc1ccccc1. The minimum absolute atomic E-state index is 0.386. The molecule has 2 heterocycles. The van der Waals surface area contributed by atoms with Gasteiger partial charge in [-0.1, -0.05) is 54.1 Å². The lowest BCUT2D eigenvalue weighted by Crippen LogP contribution is -2.20. The van der Waals surface area contributed by atoms with Gasteiger partial charge in [-0.05, 0) is 37.6 Å². The molecule has 0 atom stereocenters. The maximum absolute atomic E-state index is 12.4. The molecule has 0 aliphatic rings. The van der Waals surface area contributed by atoms with Crippen molar-refractivity contribution in [3.05, 3.63) is 82.8 Å². The molecule has 0 aliphatic carbocycles. The van der Waals surface area contributed by atoms with Crippen molar-refractivity contribution in [2.75, 3.05) is 10.6 Å². The number of para-hydroxylation sites is 1. The fourth-order valence-corrected chi connectivity index (χ4v) is 3.35. The zero-order valence-electron chi connectivity index (χ0n) is 16.1. The van der Waals surface area contributed by atoms with Gasteiger partial charge in [-0.25, -0.2) is 14.8 Å². The van der Waals surface area contributed by atoms with Gasteiger partial charge in [0.1, 0.15) is 11.3 Å². The van der Waals surface area contributed by atoms with E-state index in [-0.39, 0.29) is 6.03 Å². The molecule has 0 saturated heterocycles. The number of aryl methyl sites for hydroxylation is 2. The summed E-state index contributed by atoms with van der Waals surface area (Å²) in [6, 6.07) is 18.7. The summed E-state index contributed by atoms with van der Waals surface area (Å²) in [6.07, 6.45) is 0. The Morgan fingerprint density at radius 1 is 0.966 bits per heavy atom. The highest BCUT2D eigenvalue weighted by molar-refractivity contribution is 6.33. The minimum Gasteiger partial charge on any atom is -0.308 e. The largest absolute Gasteiger partial charge is 0.323 e. The summed E-state index contributed by atoms with van der Waals surface area (Å²) in [4.78, 5) is 21.7. The highest BCUT2D eigenvalue weighted by Crippen LogP contribution is 2.24. The molecule has 0 unspecified atom stereocenters. The molecule has 2 aromatic heterocycles. The van der Waals surface area contributed by atoms with Gasteiger partial charge in [0.2, 0.25) is 0 Å². The van der Waals surface area contributed by atoms with Crippen LogP contribution in [0.5, 0.6) is 0 Å². The van der Waals surface area contributed by atoms with Crippen LogP contribution >= 0.6 is 11.6 Å². The molecular formula is C22H20ClN5O. The topological polar surface area (TPSA) is 71.8 Å². The van der Waals surface area contributed by atoms with Crippen molar-refractivity contribution in [1.82, 2.24) is 14.5 Å². The molecule has 0 radical (unpaired) electrons. The van der Waals surface area contributed by atoms with Crippen molar-refractivity contribution in [3.8, 4) is 0 Å². The van der Waals surface area contributed by atoms with E-state index in [2.05, 4.69) is 32.3 Å². The summed E-state index contributed by atoms with van der Waals surface area (Å²) < 4.78 is 2.07. The average molecular weight is 406 g/mol. The van der Waals surface area contributed by atoms with Gasteiger partial charge in [-0.3, -0.25) is 0 Å². The van der Waals surface area contributed by atoms with Crippen LogP contribution in [-0.2, 0) is 6.54 Å². The number of imidazole rings is 1. The van der Waals surface area contributed by atoms with Crippen LogP contribution in [0.15, 0.2) is 60.7 Å². The maximum Gasteiger partial charge on any atom is 0.323 e. The van der Waals surface area contributed by atoms with E-state index < -0.39 is 0 Å². The number of carbonyl (C=O) groups is 1. The van der Waals surface area contributed by atoms with Gasteiger partial charge in [0.15, 0.2) is 5.65 Å². The van der Waals surface area contributed by atoms with Crippen molar-refractivity contribution >= 4 is 40.2 Å². The highest BCUT2D eigenvalue weighted by Gasteiger charge is 2.14. The first-order chi connectivity index (χ1) is 14.0. The van der Waals surface area contributed by atoms with Crippen LogP contribution < -0.4 is 10.6 Å². The molecule has 0 fully saturated rings. The molecule has 2 N–H and O–H groups in total. The van der Waals surface area contributed by atoms with Crippen molar-refractivity contribution in [3.63, 3.8) is 0 Å². The van der Waals surface area contributed by atoms with Crippen molar-refractivity contribution in [1.29, 1.82) is 0 Å². The Kier molecular flexibility index (Phi) is 5.18. The second-order valence-corrected chi connectivity index (χ2v) is 7.16. The van der Waals surface area contributed by atoms with Crippen molar-refractivity contribution in [2.24, 2.45) is 0 Å². The molecule has 0 spiro atoms. The van der Waals surface area contributed by atoms with Crippen molar-refractivity contribution < 1.29 is 4.79 Å². The number of anilines is 2. The third-order valence-corrected chi connectivity index (χ3v) is 4.99. The first kappa shape index (κ1) is 19.0. The van der Waals surface area contributed by atoms with E-state index in [1.807, 2.05) is 50.2 Å². The first-order valence-electron chi connectivity index (χ1n) is 9.22. The Morgan fingerprint density at radius 2 is 1.66 bits per heavy atom. The van der Waals surface area contributed by atoms with Crippen LogP contribution in [0.1, 0.15) is 17.1 Å². The summed E-state index contributed by atoms with van der Waals surface area (Å²) >= 11 is 6.10. The van der Waals surface area contributed by atoms with E-state index in [4.69, 9.17) is 16.6 Å². The number of hydrogen-bond donors (Lipinski definition) is 2. The molecule has 2 aromatic carbocycles. The van der Waals surface area contributed by atoms with Crippen LogP contribution in [0.3, 0.4) is 0 Å². The molecule has 146 valence electrons. The van der Waals surface area contributed by atoms with Gasteiger partial charge in [-0.2, -0.15) is 0 Å². The summed E-state index contributed by atoms with van der Waals surface area (Å²) in [5, 5.41) is 6.06. The standard InChI is InChI=1S/C22H20ClN5O/c1-14-19(27-22(29)26-18-11-7-6-10-17(18)23)12-20-21(24-14)28(15(2)25-20)13-16-8-4-3-5-9-16/h3-12H,13H2,1-2H3,(H2,26,27,29). The number of halogens is 1. The Bertz CT molecular complexity index is 1190. The normalized spacial score (nSPS) is 10.9. The summed E-state index contributed by atoms with van der Waals surface area (Å²) in [5.41, 5.74) is 4.56. The van der Waals surface area contributed by atoms with Crippen LogP contribution in [-0.4, -0.2) is 20.6 Å². The zero-order chi connectivity index (χ0) is 20.4. The third kappa shape index (κ3) is 4.07. The molecule has 4 aromatic rings. The monoisotopic (exact) mass is 405 g/mol. The summed E-state index contributed by atoms with van der Waals surface area (Å²) in [7, 11) is 0. The van der Waals surface area contributed by atoms with Gasteiger partial charge in [-0.15, -0.1) is 0 Å². The summed E-state index contributed by atoms with van der Waals surface area (Å²) in [5.74, 6) is 0.869. The molecule has 0 saturated carbocycles. The number of pyridine rings is 1. The number of benzene rings is 2. The van der Waals surface area contributed by atoms with E-state index in [9.17, 15) is 4.79 Å². The van der Waals surface area contributed by atoms with Gasteiger partial charge in [0.05, 0.1) is 28.6 Å². The van der Waals surface area contributed by atoms with E-state index in [1.165, 1.54) is 5.56 Å². The molecule has 6 nitrogen and oxygen atoms in total. The van der Waals surface area contributed by atoms with Crippen molar-refractivity contribution in [2.45, 2.75) is 20.4 Å². The van der Waals surface area contributed by atoms with Crippen LogP contribution in [0.25, 0.3) is 11.2 Å². The number of carbonyl (C=O) groups excluding carboxylic acids is 1. The zero-order valence-corrected chi connectivity index (χ0v) is 16.9. The molecule has 0 bridgehead atoms. The molecule has 29 heavy (non-hydrogen) atoms. The number of aromatic nitrogens is 3. The molecule has 2 amide bonds. The lowest BCUT2D eigenvalue weighted by molar-refractivity contribution is 0.262. The highest BCUT2D eigenvalue weighted by atomic mass is 35.5. The fourth-order valence-electron chi connectivity index (χ4n) is 3.17. The molecule has 4 rings (SSSR count). The predicted octanol–water partition coefficient (Wildman–Crippen LogP) is 5.39. The van der Waals surface area contributed by atoms with Gasteiger partial charge >= 0.3 is 6.03 Å². The molecule has 0 aliphatic heterocycles. The van der Waals surface area contributed by atoms with Crippen LogP contribution in [0.2, 0.25) is 5.02 Å². The number of nitrogens with zero attached hydrogens (tertiary/aromatic N) is 3. The Hall–Kier alpha value is -3.38. The molecule has 7 heteroatoms. The van der Waals surface area contributed by atoms with Gasteiger partial charge < -0.3 is 15.2 Å². The van der Waals surface area contributed by atoms with Crippen LogP contribution in [0.4, 0.5) is 16.2 Å². The smallest absolute Gasteiger partial charge is 0.308 e.